The van der Waals surface area contributed by atoms with Gasteiger partial charge in [-0.1, -0.05) is 12.1 Å². The van der Waals surface area contributed by atoms with Gasteiger partial charge in [0, 0.05) is 25.7 Å². The molecule has 1 aliphatic rings. The van der Waals surface area contributed by atoms with Crippen LogP contribution in [-0.2, 0) is 14.9 Å². The molecule has 24 heavy (non-hydrogen) atoms. The van der Waals surface area contributed by atoms with Crippen molar-refractivity contribution in [3.8, 4) is 11.5 Å². The minimum atomic E-state index is -3.54. The maximum Gasteiger partial charge on any atom is 0.221 e. The summed E-state index contributed by atoms with van der Waals surface area (Å²) in [6, 6.07) is 4.82. The van der Waals surface area contributed by atoms with E-state index in [9.17, 15) is 8.42 Å². The molecule has 1 aliphatic heterocycles. The summed E-state index contributed by atoms with van der Waals surface area (Å²) < 4.78 is 38.2. The number of ether oxygens (including phenoxy) is 2. The lowest BCUT2D eigenvalue weighted by Crippen LogP contribution is -2.43. The number of methoxy groups -OCH3 is 2. The molecule has 1 aromatic rings. The van der Waals surface area contributed by atoms with E-state index in [1.54, 1.807) is 39.4 Å². The normalized spacial score (nSPS) is 22.3. The first-order valence-electron chi connectivity index (χ1n) is 7.79. The first kappa shape index (κ1) is 19.0. The molecule has 0 aliphatic carbocycles. The largest absolute Gasteiger partial charge is 0.493 e. The van der Waals surface area contributed by atoms with Crippen molar-refractivity contribution in [2.45, 2.75) is 31.2 Å². The Kier molecular flexibility index (Phi) is 5.74. The highest BCUT2D eigenvalue weighted by Gasteiger charge is 2.46. The highest BCUT2D eigenvalue weighted by atomic mass is 32.2. The van der Waals surface area contributed by atoms with Crippen LogP contribution in [0.3, 0.4) is 0 Å². The Balaban J connectivity index is 2.52. The van der Waals surface area contributed by atoms with Crippen LogP contribution >= 0.6 is 0 Å². The third-order valence-corrected chi connectivity index (χ3v) is 6.83. The maximum atomic E-state index is 13.0. The van der Waals surface area contributed by atoms with Gasteiger partial charge in [-0.25, -0.2) is 12.7 Å². The van der Waals surface area contributed by atoms with Gasteiger partial charge >= 0.3 is 0 Å². The topological polar surface area (TPSA) is 68.3 Å². The summed E-state index contributed by atoms with van der Waals surface area (Å²) in [5, 5.41) is 0.851. The van der Waals surface area contributed by atoms with E-state index < -0.39 is 21.3 Å². The molecule has 1 saturated heterocycles. The van der Waals surface area contributed by atoms with Gasteiger partial charge in [0.05, 0.1) is 26.9 Å². The molecule has 0 saturated carbocycles. The van der Waals surface area contributed by atoms with Crippen molar-refractivity contribution in [3.05, 3.63) is 23.8 Å². The van der Waals surface area contributed by atoms with Crippen LogP contribution in [0.1, 0.15) is 25.5 Å². The molecular formula is C16H26N2O5S. The third-order valence-electron chi connectivity index (χ3n) is 4.45. The van der Waals surface area contributed by atoms with Crippen LogP contribution in [0.25, 0.3) is 0 Å². The molecule has 1 aromatic carbocycles. The Bertz CT molecular complexity index is 677. The summed E-state index contributed by atoms with van der Waals surface area (Å²) in [5.74, 6) is 1.08. The van der Waals surface area contributed by atoms with Crippen LogP contribution in [0, 0.1) is 0 Å². The molecule has 0 unspecified atom stereocenters. The van der Waals surface area contributed by atoms with Gasteiger partial charge in [0.25, 0.3) is 0 Å². The zero-order valence-corrected chi connectivity index (χ0v) is 15.8. The zero-order valence-electron chi connectivity index (χ0n) is 15.0. The van der Waals surface area contributed by atoms with E-state index in [1.807, 2.05) is 26.0 Å². The number of rotatable bonds is 6. The minimum absolute atomic E-state index is 0.0981. The van der Waals surface area contributed by atoms with Crippen molar-refractivity contribution in [2.75, 3.05) is 34.9 Å². The van der Waals surface area contributed by atoms with E-state index in [0.29, 0.717) is 11.5 Å². The second-order valence-electron chi connectivity index (χ2n) is 6.06. The van der Waals surface area contributed by atoms with Gasteiger partial charge in [-0.05, 0) is 19.9 Å². The maximum absolute atomic E-state index is 13.0. The van der Waals surface area contributed by atoms with Crippen LogP contribution < -0.4 is 9.47 Å². The lowest BCUT2D eigenvalue weighted by atomic mass is 10.0. The molecule has 1 heterocycles. The van der Waals surface area contributed by atoms with Crippen LogP contribution in [-0.4, -0.2) is 64.0 Å². The van der Waals surface area contributed by atoms with E-state index in [-0.39, 0.29) is 12.6 Å². The number of hydroxylamine groups is 2. The zero-order chi connectivity index (χ0) is 18.1. The predicted octanol–water partition coefficient (Wildman–Crippen LogP) is 1.66. The molecule has 7 nitrogen and oxygen atoms in total. The highest BCUT2D eigenvalue weighted by Crippen LogP contribution is 2.42. The molecule has 1 fully saturated rings. The SMILES string of the molecule is COc1cccc([C@H]2[C@H](S(=O)(=O)N(C)C(C)C)CON2C)c1OC. The van der Waals surface area contributed by atoms with Crippen LogP contribution in [0.4, 0.5) is 0 Å². The molecular weight excluding hydrogens is 332 g/mol. The predicted molar refractivity (Wildman–Crippen MR) is 91.6 cm³/mol. The third kappa shape index (κ3) is 3.23. The molecule has 0 amide bonds. The average Bonchev–Trinajstić information content (AvgIpc) is 2.95. The average molecular weight is 358 g/mol. The van der Waals surface area contributed by atoms with Crippen LogP contribution in [0.5, 0.6) is 11.5 Å². The van der Waals surface area contributed by atoms with Crippen molar-refractivity contribution in [2.24, 2.45) is 0 Å². The van der Waals surface area contributed by atoms with Crippen LogP contribution in [0.15, 0.2) is 18.2 Å². The number of benzene rings is 1. The number of hydrogen-bond acceptors (Lipinski definition) is 6. The van der Waals surface area contributed by atoms with Gasteiger partial charge < -0.3 is 9.47 Å². The summed E-state index contributed by atoms with van der Waals surface area (Å²) in [5.41, 5.74) is 0.725. The molecule has 0 radical (unpaired) electrons. The van der Waals surface area contributed by atoms with Gasteiger partial charge in [-0.3, -0.25) is 4.84 Å². The van der Waals surface area contributed by atoms with Crippen molar-refractivity contribution < 1.29 is 22.7 Å². The Hall–Kier alpha value is -1.35. The van der Waals surface area contributed by atoms with E-state index in [0.717, 1.165) is 5.56 Å². The minimum Gasteiger partial charge on any atom is -0.493 e. The van der Waals surface area contributed by atoms with Gasteiger partial charge in [0.1, 0.15) is 5.25 Å². The van der Waals surface area contributed by atoms with E-state index in [1.165, 1.54) is 4.31 Å². The fourth-order valence-corrected chi connectivity index (χ4v) is 4.79. The summed E-state index contributed by atoms with van der Waals surface area (Å²) in [6.45, 7) is 3.79. The Morgan fingerprint density at radius 2 is 1.96 bits per heavy atom. The molecule has 0 aromatic heterocycles. The quantitative estimate of drug-likeness (QED) is 0.770. The van der Waals surface area contributed by atoms with Crippen molar-refractivity contribution in [3.63, 3.8) is 0 Å². The second kappa shape index (κ2) is 7.26. The van der Waals surface area contributed by atoms with Crippen molar-refractivity contribution >= 4 is 10.0 Å². The number of nitrogens with zero attached hydrogens (tertiary/aromatic N) is 2. The van der Waals surface area contributed by atoms with E-state index >= 15 is 0 Å². The van der Waals surface area contributed by atoms with Gasteiger partial charge in [-0.15, -0.1) is 0 Å². The van der Waals surface area contributed by atoms with Crippen molar-refractivity contribution in [1.29, 1.82) is 0 Å². The summed E-state index contributed by atoms with van der Waals surface area (Å²) >= 11 is 0. The van der Waals surface area contributed by atoms with E-state index in [4.69, 9.17) is 14.3 Å². The van der Waals surface area contributed by atoms with Gasteiger partial charge in [-0.2, -0.15) is 5.06 Å². The Morgan fingerprint density at radius 1 is 1.29 bits per heavy atom. The first-order chi connectivity index (χ1) is 11.3. The van der Waals surface area contributed by atoms with Crippen LogP contribution in [0.2, 0.25) is 0 Å². The Labute approximate surface area is 144 Å². The number of para-hydroxylation sites is 1. The van der Waals surface area contributed by atoms with E-state index in [2.05, 4.69) is 0 Å². The number of hydrogen-bond donors (Lipinski definition) is 0. The fourth-order valence-electron chi connectivity index (χ4n) is 2.89. The molecule has 136 valence electrons. The molecule has 8 heteroatoms. The second-order valence-corrected chi connectivity index (χ2v) is 8.27. The summed E-state index contributed by atoms with van der Waals surface area (Å²) in [7, 11) is 2.88. The van der Waals surface area contributed by atoms with Gasteiger partial charge in [0.15, 0.2) is 11.5 Å². The van der Waals surface area contributed by atoms with Gasteiger partial charge in [0.2, 0.25) is 10.0 Å². The number of sulfonamides is 1. The highest BCUT2D eigenvalue weighted by molar-refractivity contribution is 7.89. The lowest BCUT2D eigenvalue weighted by Gasteiger charge is -2.29. The van der Waals surface area contributed by atoms with Crippen molar-refractivity contribution in [1.82, 2.24) is 9.37 Å². The standard InChI is InChI=1S/C16H26N2O5S/c1-11(2)18(4)24(19,20)14-10-23-17(3)15(14)12-8-7-9-13(21-5)16(12)22-6/h7-9,11,14-15H,10H2,1-6H3/t14-,15+/m1/s1. The smallest absolute Gasteiger partial charge is 0.221 e. The lowest BCUT2D eigenvalue weighted by molar-refractivity contribution is -0.110. The first-order valence-corrected chi connectivity index (χ1v) is 9.29. The molecule has 2 rings (SSSR count). The summed E-state index contributed by atoms with van der Waals surface area (Å²) in [6.07, 6.45) is 0. The molecule has 2 atom stereocenters. The Morgan fingerprint density at radius 3 is 2.50 bits per heavy atom. The summed E-state index contributed by atoms with van der Waals surface area (Å²) in [4.78, 5) is 5.55. The molecule has 0 N–H and O–H groups in total. The molecule has 0 bridgehead atoms. The fraction of sp³-hybridized carbons (Fsp3) is 0.625. The monoisotopic (exact) mass is 358 g/mol. The molecule has 0 spiro atoms.